The minimum Gasteiger partial charge on any atom is -0.313 e. The fourth-order valence-corrected chi connectivity index (χ4v) is 2.66. The molecule has 2 aromatic carbocycles. The van der Waals surface area contributed by atoms with Crippen LogP contribution in [0.5, 0.6) is 0 Å². The molecule has 0 aliphatic rings. The molecular weight excluding hydrogens is 296 g/mol. The molecule has 20 heavy (non-hydrogen) atoms. The van der Waals surface area contributed by atoms with Crippen LogP contribution in [0.15, 0.2) is 36.4 Å². The number of nitrogens with one attached hydrogen (secondary N) is 1. The van der Waals surface area contributed by atoms with Crippen LogP contribution < -0.4 is 5.32 Å². The second kappa shape index (κ2) is 6.57. The number of halogens is 3. The Morgan fingerprint density at radius 2 is 1.90 bits per heavy atom. The smallest absolute Gasteiger partial charge is 0.123 e. The van der Waals surface area contributed by atoms with E-state index in [1.165, 1.54) is 6.07 Å². The van der Waals surface area contributed by atoms with Gasteiger partial charge >= 0.3 is 0 Å². The molecule has 106 valence electrons. The molecule has 1 atom stereocenters. The van der Waals surface area contributed by atoms with Crippen LogP contribution in [-0.4, -0.2) is 7.05 Å². The highest BCUT2D eigenvalue weighted by Gasteiger charge is 2.15. The first-order valence-corrected chi connectivity index (χ1v) is 7.14. The molecule has 1 unspecified atom stereocenters. The first-order chi connectivity index (χ1) is 9.51. The Morgan fingerprint density at radius 1 is 1.15 bits per heavy atom. The lowest BCUT2D eigenvalue weighted by Gasteiger charge is -2.19. The summed E-state index contributed by atoms with van der Waals surface area (Å²) in [7, 11) is 1.86. The second-order valence-electron chi connectivity index (χ2n) is 4.78. The van der Waals surface area contributed by atoms with E-state index in [1.807, 2.05) is 20.0 Å². The van der Waals surface area contributed by atoms with Crippen molar-refractivity contribution in [2.75, 3.05) is 7.05 Å². The van der Waals surface area contributed by atoms with Crippen molar-refractivity contribution in [3.05, 3.63) is 69.0 Å². The van der Waals surface area contributed by atoms with E-state index in [2.05, 4.69) is 5.32 Å². The molecule has 0 aliphatic carbocycles. The molecule has 4 heteroatoms. The van der Waals surface area contributed by atoms with Gasteiger partial charge in [-0.25, -0.2) is 4.39 Å². The van der Waals surface area contributed by atoms with Crippen molar-refractivity contribution in [1.29, 1.82) is 0 Å². The molecule has 0 aliphatic heterocycles. The Kier molecular flexibility index (Phi) is 5.03. The van der Waals surface area contributed by atoms with Crippen LogP contribution in [0.1, 0.15) is 22.7 Å². The summed E-state index contributed by atoms with van der Waals surface area (Å²) in [5.41, 5.74) is 2.94. The van der Waals surface area contributed by atoms with E-state index >= 15 is 0 Å². The molecule has 0 bridgehead atoms. The quantitative estimate of drug-likeness (QED) is 0.843. The fourth-order valence-electron chi connectivity index (χ4n) is 2.23. The lowest BCUT2D eigenvalue weighted by Crippen LogP contribution is -2.19. The van der Waals surface area contributed by atoms with Crippen molar-refractivity contribution in [3.63, 3.8) is 0 Å². The van der Waals surface area contributed by atoms with Crippen LogP contribution in [0.2, 0.25) is 10.0 Å². The molecular formula is C16H16Cl2FN. The van der Waals surface area contributed by atoms with Crippen LogP contribution in [0, 0.1) is 12.7 Å². The third-order valence-electron chi connectivity index (χ3n) is 3.42. The monoisotopic (exact) mass is 311 g/mol. The molecule has 2 rings (SSSR count). The van der Waals surface area contributed by atoms with Gasteiger partial charge in [-0.2, -0.15) is 0 Å². The highest BCUT2D eigenvalue weighted by Crippen LogP contribution is 2.29. The topological polar surface area (TPSA) is 12.0 Å². The van der Waals surface area contributed by atoms with Crippen LogP contribution in [0.4, 0.5) is 4.39 Å². The van der Waals surface area contributed by atoms with Crippen molar-refractivity contribution in [1.82, 2.24) is 5.32 Å². The van der Waals surface area contributed by atoms with Gasteiger partial charge in [0.25, 0.3) is 0 Å². The zero-order valence-corrected chi connectivity index (χ0v) is 12.9. The number of hydrogen-bond donors (Lipinski definition) is 1. The predicted octanol–water partition coefficient (Wildman–Crippen LogP) is 4.94. The van der Waals surface area contributed by atoms with Gasteiger partial charge in [0.15, 0.2) is 0 Å². The molecule has 2 aromatic rings. The number of hydrogen-bond acceptors (Lipinski definition) is 1. The number of rotatable bonds is 4. The molecule has 0 spiro atoms. The van der Waals surface area contributed by atoms with Gasteiger partial charge in [-0.05, 0) is 67.4 Å². The van der Waals surface area contributed by atoms with Crippen molar-refractivity contribution >= 4 is 23.2 Å². The van der Waals surface area contributed by atoms with Gasteiger partial charge in [-0.1, -0.05) is 29.3 Å². The molecule has 0 heterocycles. The molecule has 1 nitrogen and oxygen atoms in total. The SMILES string of the molecule is CNC(Cc1cc(F)ccc1C)c1cc(Cl)ccc1Cl. The first-order valence-electron chi connectivity index (χ1n) is 6.38. The van der Waals surface area contributed by atoms with E-state index in [4.69, 9.17) is 23.2 Å². The first kappa shape index (κ1) is 15.3. The Hall–Kier alpha value is -1.09. The van der Waals surface area contributed by atoms with E-state index in [1.54, 1.807) is 24.3 Å². The summed E-state index contributed by atoms with van der Waals surface area (Å²) < 4.78 is 13.4. The Bertz CT molecular complexity index is 613. The highest BCUT2D eigenvalue weighted by atomic mass is 35.5. The van der Waals surface area contributed by atoms with Crippen molar-refractivity contribution in [2.45, 2.75) is 19.4 Å². The zero-order chi connectivity index (χ0) is 14.7. The summed E-state index contributed by atoms with van der Waals surface area (Å²) in [6.45, 7) is 1.97. The molecule has 0 amide bonds. The van der Waals surface area contributed by atoms with E-state index in [0.717, 1.165) is 16.7 Å². The third kappa shape index (κ3) is 3.51. The third-order valence-corrected chi connectivity index (χ3v) is 4.00. The number of benzene rings is 2. The fraction of sp³-hybridized carbons (Fsp3) is 0.250. The number of aryl methyl sites for hydroxylation is 1. The minimum atomic E-state index is -0.224. The average Bonchev–Trinajstić information content (AvgIpc) is 2.42. The van der Waals surface area contributed by atoms with E-state index in [-0.39, 0.29) is 11.9 Å². The van der Waals surface area contributed by atoms with Gasteiger partial charge in [0.2, 0.25) is 0 Å². The Balaban J connectivity index is 2.33. The maximum Gasteiger partial charge on any atom is 0.123 e. The lowest BCUT2D eigenvalue weighted by molar-refractivity contribution is 0.582. The second-order valence-corrected chi connectivity index (χ2v) is 5.63. The van der Waals surface area contributed by atoms with Crippen LogP contribution >= 0.6 is 23.2 Å². The largest absolute Gasteiger partial charge is 0.313 e. The Labute approximate surface area is 128 Å². The molecule has 0 aromatic heterocycles. The average molecular weight is 312 g/mol. The molecule has 0 saturated carbocycles. The van der Waals surface area contributed by atoms with Crippen LogP contribution in [0.25, 0.3) is 0 Å². The summed E-state index contributed by atoms with van der Waals surface area (Å²) in [5, 5.41) is 4.51. The van der Waals surface area contributed by atoms with E-state index in [0.29, 0.717) is 16.5 Å². The maximum absolute atomic E-state index is 13.4. The van der Waals surface area contributed by atoms with Crippen molar-refractivity contribution in [2.24, 2.45) is 0 Å². The van der Waals surface area contributed by atoms with Gasteiger partial charge < -0.3 is 5.32 Å². The van der Waals surface area contributed by atoms with Gasteiger partial charge in [0.05, 0.1) is 0 Å². The van der Waals surface area contributed by atoms with Gasteiger partial charge in [-0.15, -0.1) is 0 Å². The highest BCUT2D eigenvalue weighted by molar-refractivity contribution is 6.33. The summed E-state index contributed by atoms with van der Waals surface area (Å²) in [5.74, 6) is -0.224. The molecule has 0 saturated heterocycles. The zero-order valence-electron chi connectivity index (χ0n) is 11.4. The minimum absolute atomic E-state index is 0.0123. The molecule has 0 fully saturated rings. The van der Waals surface area contributed by atoms with E-state index in [9.17, 15) is 4.39 Å². The summed E-state index contributed by atoms with van der Waals surface area (Å²) in [4.78, 5) is 0. The summed E-state index contributed by atoms with van der Waals surface area (Å²) >= 11 is 12.3. The van der Waals surface area contributed by atoms with E-state index < -0.39 is 0 Å². The maximum atomic E-state index is 13.4. The molecule has 0 radical (unpaired) electrons. The summed E-state index contributed by atoms with van der Waals surface area (Å²) in [6.07, 6.45) is 0.653. The van der Waals surface area contributed by atoms with Gasteiger partial charge in [0, 0.05) is 16.1 Å². The standard InChI is InChI=1S/C16H16Cl2FN/c1-10-3-5-13(19)7-11(10)8-16(20-2)14-9-12(17)4-6-15(14)18/h3-7,9,16,20H,8H2,1-2H3. The van der Waals surface area contributed by atoms with Crippen LogP contribution in [-0.2, 0) is 6.42 Å². The van der Waals surface area contributed by atoms with Gasteiger partial charge in [-0.3, -0.25) is 0 Å². The van der Waals surface area contributed by atoms with Crippen molar-refractivity contribution < 1.29 is 4.39 Å². The van der Waals surface area contributed by atoms with Crippen LogP contribution in [0.3, 0.4) is 0 Å². The lowest BCUT2D eigenvalue weighted by atomic mass is 9.96. The summed E-state index contributed by atoms with van der Waals surface area (Å²) in [6, 6.07) is 10.2. The van der Waals surface area contributed by atoms with Crippen molar-refractivity contribution in [3.8, 4) is 0 Å². The Morgan fingerprint density at radius 3 is 2.60 bits per heavy atom. The van der Waals surface area contributed by atoms with Gasteiger partial charge in [0.1, 0.15) is 5.82 Å². The number of likely N-dealkylation sites (N-methyl/N-ethyl adjacent to an activating group) is 1. The predicted molar refractivity (Wildman–Crippen MR) is 83.1 cm³/mol. The normalized spacial score (nSPS) is 12.4. The molecule has 1 N–H and O–H groups in total.